The smallest absolute Gasteiger partial charge is 0.264 e. The highest BCUT2D eigenvalue weighted by atomic mass is 32.2. The van der Waals surface area contributed by atoms with Gasteiger partial charge in [-0.15, -0.1) is 0 Å². The minimum absolute atomic E-state index is 0.00777. The zero-order chi connectivity index (χ0) is 23.0. The van der Waals surface area contributed by atoms with Crippen molar-refractivity contribution in [2.24, 2.45) is 5.92 Å². The molecule has 0 fully saturated rings. The van der Waals surface area contributed by atoms with E-state index in [1.807, 2.05) is 12.1 Å². The van der Waals surface area contributed by atoms with E-state index in [1.165, 1.54) is 42.2 Å². The maximum absolute atomic E-state index is 12.9. The zero-order valence-corrected chi connectivity index (χ0v) is 18.8. The van der Waals surface area contributed by atoms with Crippen molar-refractivity contribution in [3.8, 4) is 0 Å². The molecule has 1 amide bonds. The second kappa shape index (κ2) is 8.32. The first-order chi connectivity index (χ1) is 15.9. The number of H-pyrrole nitrogens is 1. The molecule has 2 aromatic heterocycles. The third-order valence-corrected chi connectivity index (χ3v) is 7.25. The Morgan fingerprint density at radius 1 is 1.09 bits per heavy atom. The largest absolute Gasteiger partial charge is 0.358 e. The van der Waals surface area contributed by atoms with E-state index in [0.717, 1.165) is 23.7 Å². The van der Waals surface area contributed by atoms with Gasteiger partial charge in [0.2, 0.25) is 5.95 Å². The quantitative estimate of drug-likeness (QED) is 0.413. The van der Waals surface area contributed by atoms with Crippen LogP contribution in [-0.4, -0.2) is 29.3 Å². The molecule has 9 heteroatoms. The SMILES string of the molecule is CC1CCc2[nH]c3ccc(C(=O)Nc4ccc(S(=O)(=O)Nc5ncccn5)cc4)cc3c2C1. The summed E-state index contributed by atoms with van der Waals surface area (Å²) in [5.74, 6) is 0.375. The number of aryl methyl sites for hydroxylation is 1. The number of carbonyl (C=O) groups is 1. The van der Waals surface area contributed by atoms with Crippen molar-refractivity contribution in [2.75, 3.05) is 10.0 Å². The van der Waals surface area contributed by atoms with Gasteiger partial charge in [-0.25, -0.2) is 23.1 Å². The third-order valence-electron chi connectivity index (χ3n) is 5.91. The molecule has 0 aliphatic heterocycles. The number of anilines is 2. The van der Waals surface area contributed by atoms with Crippen LogP contribution in [0.4, 0.5) is 11.6 Å². The van der Waals surface area contributed by atoms with E-state index in [4.69, 9.17) is 0 Å². The molecular formula is C24H23N5O3S. The third kappa shape index (κ3) is 4.31. The molecule has 0 saturated heterocycles. The maximum Gasteiger partial charge on any atom is 0.264 e. The minimum atomic E-state index is -3.83. The van der Waals surface area contributed by atoms with Gasteiger partial charge in [0.25, 0.3) is 15.9 Å². The molecule has 5 rings (SSSR count). The Hall–Kier alpha value is -3.72. The van der Waals surface area contributed by atoms with Gasteiger partial charge in [0, 0.05) is 40.2 Å². The van der Waals surface area contributed by atoms with Crippen LogP contribution in [0.1, 0.15) is 35.0 Å². The van der Waals surface area contributed by atoms with Crippen LogP contribution in [-0.2, 0) is 22.9 Å². The second-order valence-corrected chi connectivity index (χ2v) is 10.0. The summed E-state index contributed by atoms with van der Waals surface area (Å²) in [4.78, 5) is 24.1. The normalized spacial score (nSPS) is 15.7. The first-order valence-electron chi connectivity index (χ1n) is 10.7. The van der Waals surface area contributed by atoms with Crippen LogP contribution in [0.5, 0.6) is 0 Å². The number of benzene rings is 2. The fourth-order valence-electron chi connectivity index (χ4n) is 4.18. The maximum atomic E-state index is 12.9. The highest BCUT2D eigenvalue weighted by Crippen LogP contribution is 2.32. The van der Waals surface area contributed by atoms with Crippen molar-refractivity contribution in [2.45, 2.75) is 31.1 Å². The summed E-state index contributed by atoms with van der Waals surface area (Å²) in [5.41, 5.74) is 4.69. The van der Waals surface area contributed by atoms with E-state index in [9.17, 15) is 13.2 Å². The number of hydrogen-bond donors (Lipinski definition) is 3. The monoisotopic (exact) mass is 461 g/mol. The predicted molar refractivity (Wildman–Crippen MR) is 127 cm³/mol. The van der Waals surface area contributed by atoms with Gasteiger partial charge in [0.1, 0.15) is 0 Å². The van der Waals surface area contributed by atoms with Gasteiger partial charge in [-0.1, -0.05) is 6.92 Å². The van der Waals surface area contributed by atoms with Crippen molar-refractivity contribution >= 4 is 38.5 Å². The summed E-state index contributed by atoms with van der Waals surface area (Å²) in [7, 11) is -3.83. The molecule has 0 saturated carbocycles. The Kier molecular flexibility index (Phi) is 5.33. The number of rotatable bonds is 5. The van der Waals surface area contributed by atoms with Crippen molar-refractivity contribution in [3.05, 3.63) is 77.7 Å². The van der Waals surface area contributed by atoms with Gasteiger partial charge in [-0.3, -0.25) is 4.79 Å². The molecular weight excluding hydrogens is 438 g/mol. The van der Waals surface area contributed by atoms with E-state index in [-0.39, 0.29) is 16.8 Å². The van der Waals surface area contributed by atoms with Crippen molar-refractivity contribution in [1.29, 1.82) is 0 Å². The molecule has 1 aliphatic carbocycles. The standard InChI is InChI=1S/C24H23N5O3S/c1-15-3-9-21-19(13-15)20-14-16(4-10-22(20)28-21)23(30)27-17-5-7-18(8-6-17)33(31,32)29-24-25-11-2-12-26-24/h2,4-8,10-12,14-15,28H,3,9,13H2,1H3,(H,27,30)(H,25,26,29). The van der Waals surface area contributed by atoms with Crippen LogP contribution < -0.4 is 10.0 Å². The molecule has 8 nitrogen and oxygen atoms in total. The first-order valence-corrected chi connectivity index (χ1v) is 12.2. The van der Waals surface area contributed by atoms with Crippen molar-refractivity contribution < 1.29 is 13.2 Å². The molecule has 0 bridgehead atoms. The summed E-state index contributed by atoms with van der Waals surface area (Å²) in [6, 6.07) is 13.2. The van der Waals surface area contributed by atoms with Gasteiger partial charge in [0.05, 0.1) is 4.90 Å². The molecule has 1 unspecified atom stereocenters. The van der Waals surface area contributed by atoms with Crippen molar-refractivity contribution in [1.82, 2.24) is 15.0 Å². The molecule has 1 aliphatic rings. The molecule has 168 valence electrons. The molecule has 1 atom stereocenters. The highest BCUT2D eigenvalue weighted by Gasteiger charge is 2.21. The summed E-state index contributed by atoms with van der Waals surface area (Å²) >= 11 is 0. The van der Waals surface area contributed by atoms with E-state index in [2.05, 4.69) is 31.9 Å². The van der Waals surface area contributed by atoms with Gasteiger partial charge in [0.15, 0.2) is 0 Å². The Labute approximate surface area is 191 Å². The Balaban J connectivity index is 1.33. The number of sulfonamides is 1. The van der Waals surface area contributed by atoms with E-state index in [1.54, 1.807) is 24.3 Å². The minimum Gasteiger partial charge on any atom is -0.358 e. The van der Waals surface area contributed by atoms with Gasteiger partial charge in [-0.2, -0.15) is 0 Å². The number of aromatic amines is 1. The first kappa shape index (κ1) is 21.1. The number of nitrogens with zero attached hydrogens (tertiary/aromatic N) is 2. The van der Waals surface area contributed by atoms with Gasteiger partial charge < -0.3 is 10.3 Å². The summed E-state index contributed by atoms with van der Waals surface area (Å²) in [6.07, 6.45) is 6.12. The summed E-state index contributed by atoms with van der Waals surface area (Å²) in [6.45, 7) is 2.25. The number of carbonyl (C=O) groups excluding carboxylic acids is 1. The Morgan fingerprint density at radius 3 is 2.61 bits per heavy atom. The van der Waals surface area contributed by atoms with E-state index >= 15 is 0 Å². The Bertz CT molecular complexity index is 1430. The van der Waals surface area contributed by atoms with Gasteiger partial charge in [-0.05, 0) is 79.3 Å². The molecule has 33 heavy (non-hydrogen) atoms. The predicted octanol–water partition coefficient (Wildman–Crippen LogP) is 4.14. The second-order valence-electron chi connectivity index (χ2n) is 8.35. The zero-order valence-electron chi connectivity index (χ0n) is 18.0. The van der Waals surface area contributed by atoms with Crippen LogP contribution in [0.2, 0.25) is 0 Å². The van der Waals surface area contributed by atoms with Crippen LogP contribution in [0, 0.1) is 5.92 Å². The average Bonchev–Trinajstić information content (AvgIpc) is 3.17. The summed E-state index contributed by atoms with van der Waals surface area (Å²) < 4.78 is 27.4. The van der Waals surface area contributed by atoms with E-state index < -0.39 is 10.0 Å². The van der Waals surface area contributed by atoms with Crippen LogP contribution in [0.15, 0.2) is 65.8 Å². The number of aromatic nitrogens is 3. The Morgan fingerprint density at radius 2 is 1.85 bits per heavy atom. The molecule has 2 aromatic carbocycles. The lowest BCUT2D eigenvalue weighted by molar-refractivity contribution is 0.102. The van der Waals surface area contributed by atoms with Crippen LogP contribution in [0.3, 0.4) is 0 Å². The average molecular weight is 462 g/mol. The van der Waals surface area contributed by atoms with E-state index in [0.29, 0.717) is 17.2 Å². The number of amides is 1. The topological polar surface area (TPSA) is 117 Å². The molecule has 3 N–H and O–H groups in total. The number of fused-ring (bicyclic) bond motifs is 3. The van der Waals surface area contributed by atoms with Crippen LogP contribution in [0.25, 0.3) is 10.9 Å². The molecule has 2 heterocycles. The number of nitrogens with one attached hydrogen (secondary N) is 3. The lowest BCUT2D eigenvalue weighted by Crippen LogP contribution is -2.15. The van der Waals surface area contributed by atoms with Crippen molar-refractivity contribution in [3.63, 3.8) is 0 Å². The molecule has 0 spiro atoms. The van der Waals surface area contributed by atoms with Gasteiger partial charge >= 0.3 is 0 Å². The molecule has 4 aromatic rings. The summed E-state index contributed by atoms with van der Waals surface area (Å²) in [5, 5.41) is 3.94. The lowest BCUT2D eigenvalue weighted by atomic mass is 9.87. The fourth-order valence-corrected chi connectivity index (χ4v) is 5.14. The highest BCUT2D eigenvalue weighted by molar-refractivity contribution is 7.92. The van der Waals surface area contributed by atoms with Crippen LogP contribution >= 0.6 is 0 Å². The lowest BCUT2D eigenvalue weighted by Gasteiger charge is -2.18. The number of hydrogen-bond acceptors (Lipinski definition) is 5. The fraction of sp³-hybridized carbons (Fsp3) is 0.208. The molecule has 0 radical (unpaired) electrons.